The lowest BCUT2D eigenvalue weighted by atomic mass is 9.99. The van der Waals surface area contributed by atoms with Crippen LogP contribution in [-0.2, 0) is 9.53 Å². The third-order valence-corrected chi connectivity index (χ3v) is 3.40. The maximum atomic E-state index is 12.3. The van der Waals surface area contributed by atoms with E-state index in [0.717, 1.165) is 19.3 Å². The topological polar surface area (TPSA) is 60.5 Å². The molecule has 1 atom stereocenters. The average molecular weight is 294 g/mol. The number of hydrogen-bond acceptors (Lipinski definition) is 4. The number of nitrogens with zero attached hydrogens (tertiary/aromatic N) is 1. The van der Waals surface area contributed by atoms with Crippen molar-refractivity contribution in [3.8, 4) is 5.88 Å². The second-order valence-electron chi connectivity index (χ2n) is 5.23. The molecule has 5 nitrogen and oxygen atoms in total. The lowest BCUT2D eigenvalue weighted by molar-refractivity contribution is -0.136. The molecule has 118 valence electrons. The van der Waals surface area contributed by atoms with Gasteiger partial charge < -0.3 is 14.8 Å². The van der Waals surface area contributed by atoms with Crippen LogP contribution in [0.2, 0.25) is 0 Å². The Morgan fingerprint density at radius 2 is 2.10 bits per heavy atom. The molecule has 0 bridgehead atoms. The molecule has 1 rings (SSSR count). The average Bonchev–Trinajstić information content (AvgIpc) is 2.49. The van der Waals surface area contributed by atoms with Gasteiger partial charge in [0, 0.05) is 13.2 Å². The van der Waals surface area contributed by atoms with Gasteiger partial charge in [-0.05, 0) is 25.8 Å². The summed E-state index contributed by atoms with van der Waals surface area (Å²) in [5.74, 6) is 0.415. The van der Waals surface area contributed by atoms with Crippen molar-refractivity contribution in [2.75, 3.05) is 19.0 Å². The normalized spacial score (nSPS) is 13.5. The first-order chi connectivity index (χ1) is 10.1. The van der Waals surface area contributed by atoms with E-state index < -0.39 is 5.60 Å². The molecule has 0 aliphatic carbocycles. The Kier molecular flexibility index (Phi) is 7.15. The number of methoxy groups -OCH3 is 1. The summed E-state index contributed by atoms with van der Waals surface area (Å²) < 4.78 is 10.8. The molecular weight excluding hydrogens is 268 g/mol. The van der Waals surface area contributed by atoms with Crippen molar-refractivity contribution >= 4 is 11.6 Å². The minimum Gasteiger partial charge on any atom is -0.478 e. The molecule has 21 heavy (non-hydrogen) atoms. The van der Waals surface area contributed by atoms with Gasteiger partial charge in [0.15, 0.2) is 0 Å². The third-order valence-electron chi connectivity index (χ3n) is 3.40. The molecule has 0 spiro atoms. The summed E-state index contributed by atoms with van der Waals surface area (Å²) >= 11 is 0. The van der Waals surface area contributed by atoms with E-state index in [1.165, 1.54) is 0 Å². The van der Waals surface area contributed by atoms with Crippen molar-refractivity contribution in [3.05, 3.63) is 18.3 Å². The Labute approximate surface area is 127 Å². The molecule has 5 heteroatoms. The van der Waals surface area contributed by atoms with Gasteiger partial charge in [-0.1, -0.05) is 26.7 Å². The molecule has 0 aliphatic rings. The van der Waals surface area contributed by atoms with E-state index in [0.29, 0.717) is 24.6 Å². The number of rotatable bonds is 9. The maximum Gasteiger partial charge on any atom is 0.256 e. The van der Waals surface area contributed by atoms with E-state index in [9.17, 15) is 4.79 Å². The van der Waals surface area contributed by atoms with Crippen molar-refractivity contribution in [2.45, 2.75) is 52.1 Å². The minimum absolute atomic E-state index is 0.159. The van der Waals surface area contributed by atoms with E-state index in [1.54, 1.807) is 32.4 Å². The molecule has 1 aromatic heterocycles. The van der Waals surface area contributed by atoms with Crippen LogP contribution in [0.25, 0.3) is 0 Å². The van der Waals surface area contributed by atoms with Gasteiger partial charge >= 0.3 is 0 Å². The summed E-state index contributed by atoms with van der Waals surface area (Å²) in [7, 11) is 1.55. The fraction of sp³-hybridized carbons (Fsp3) is 0.625. The van der Waals surface area contributed by atoms with E-state index in [4.69, 9.17) is 9.47 Å². The van der Waals surface area contributed by atoms with E-state index in [-0.39, 0.29) is 5.91 Å². The quantitative estimate of drug-likeness (QED) is 0.709. The number of ether oxygens (including phenoxy) is 2. The van der Waals surface area contributed by atoms with Crippen LogP contribution in [0.15, 0.2) is 18.3 Å². The summed E-state index contributed by atoms with van der Waals surface area (Å²) in [5, 5.41) is 2.83. The highest BCUT2D eigenvalue weighted by Gasteiger charge is 2.32. The van der Waals surface area contributed by atoms with Crippen LogP contribution in [-0.4, -0.2) is 30.2 Å². The van der Waals surface area contributed by atoms with Crippen molar-refractivity contribution in [3.63, 3.8) is 0 Å². The Bertz CT molecular complexity index is 434. The number of carbonyl (C=O) groups is 1. The predicted octanol–water partition coefficient (Wildman–Crippen LogP) is 3.40. The highest BCUT2D eigenvalue weighted by molar-refractivity contribution is 5.96. The van der Waals surface area contributed by atoms with Crippen LogP contribution in [0.4, 0.5) is 5.69 Å². The number of anilines is 1. The van der Waals surface area contributed by atoms with Gasteiger partial charge in [-0.15, -0.1) is 0 Å². The van der Waals surface area contributed by atoms with Crippen LogP contribution in [0.1, 0.15) is 46.5 Å². The molecule has 1 heterocycles. The van der Waals surface area contributed by atoms with Gasteiger partial charge in [0.1, 0.15) is 5.60 Å². The van der Waals surface area contributed by atoms with Gasteiger partial charge in [-0.25, -0.2) is 4.98 Å². The first kappa shape index (κ1) is 17.4. The molecule has 0 unspecified atom stereocenters. The lowest BCUT2D eigenvalue weighted by Crippen LogP contribution is -2.41. The molecule has 1 N–H and O–H groups in total. The fourth-order valence-electron chi connectivity index (χ4n) is 1.91. The second-order valence-corrected chi connectivity index (χ2v) is 5.23. The van der Waals surface area contributed by atoms with Crippen LogP contribution < -0.4 is 10.1 Å². The van der Waals surface area contributed by atoms with Crippen molar-refractivity contribution in [1.29, 1.82) is 0 Å². The van der Waals surface area contributed by atoms with Crippen LogP contribution in [0.3, 0.4) is 0 Å². The molecule has 0 radical (unpaired) electrons. The van der Waals surface area contributed by atoms with Crippen molar-refractivity contribution in [2.24, 2.45) is 0 Å². The molecule has 0 saturated carbocycles. The van der Waals surface area contributed by atoms with E-state index >= 15 is 0 Å². The molecule has 0 aliphatic heterocycles. The van der Waals surface area contributed by atoms with E-state index in [1.807, 2.05) is 6.92 Å². The summed E-state index contributed by atoms with van der Waals surface area (Å²) in [4.78, 5) is 16.4. The highest BCUT2D eigenvalue weighted by atomic mass is 16.5. The highest BCUT2D eigenvalue weighted by Crippen LogP contribution is 2.20. The maximum absolute atomic E-state index is 12.3. The molecular formula is C16H26N2O3. The van der Waals surface area contributed by atoms with Gasteiger partial charge in [0.25, 0.3) is 5.91 Å². The smallest absolute Gasteiger partial charge is 0.256 e. The number of hydrogen-bond donors (Lipinski definition) is 1. The summed E-state index contributed by atoms with van der Waals surface area (Å²) in [5.41, 5.74) is -0.173. The summed E-state index contributed by atoms with van der Waals surface area (Å²) in [6.07, 6.45) is 5.23. The fourth-order valence-corrected chi connectivity index (χ4v) is 1.91. The van der Waals surface area contributed by atoms with Gasteiger partial charge in [-0.3, -0.25) is 4.79 Å². The monoisotopic (exact) mass is 294 g/mol. The number of unbranched alkanes of at least 4 members (excludes halogenated alkanes) is 1. The largest absolute Gasteiger partial charge is 0.478 e. The van der Waals surface area contributed by atoms with Gasteiger partial charge in [0.05, 0.1) is 18.5 Å². The second kappa shape index (κ2) is 8.62. The number of pyridine rings is 1. The number of aromatic nitrogens is 1. The predicted molar refractivity (Wildman–Crippen MR) is 83.6 cm³/mol. The SMILES string of the molecule is CCCCOc1ccc(NC(=O)[C@@](C)(CCC)OC)cn1. The first-order valence-corrected chi connectivity index (χ1v) is 7.51. The molecule has 1 amide bonds. The van der Waals surface area contributed by atoms with Gasteiger partial charge in [-0.2, -0.15) is 0 Å². The first-order valence-electron chi connectivity index (χ1n) is 7.51. The number of carbonyl (C=O) groups excluding carboxylic acids is 1. The molecule has 0 saturated heterocycles. The third kappa shape index (κ3) is 5.34. The zero-order chi connectivity index (χ0) is 15.7. The molecule has 0 aromatic carbocycles. The number of amides is 1. The Hall–Kier alpha value is -1.62. The van der Waals surface area contributed by atoms with Crippen molar-refractivity contribution < 1.29 is 14.3 Å². The number of nitrogens with one attached hydrogen (secondary N) is 1. The molecule has 0 fully saturated rings. The zero-order valence-corrected chi connectivity index (χ0v) is 13.4. The lowest BCUT2D eigenvalue weighted by Gasteiger charge is -2.26. The van der Waals surface area contributed by atoms with E-state index in [2.05, 4.69) is 17.2 Å². The Morgan fingerprint density at radius 3 is 2.62 bits per heavy atom. The van der Waals surface area contributed by atoms with Gasteiger partial charge in [0.2, 0.25) is 5.88 Å². The Balaban J connectivity index is 2.60. The minimum atomic E-state index is -0.814. The van der Waals surface area contributed by atoms with Crippen LogP contribution in [0, 0.1) is 0 Å². The summed E-state index contributed by atoms with van der Waals surface area (Å²) in [6, 6.07) is 3.55. The standard InChI is InChI=1S/C16H26N2O3/c1-5-7-11-21-14-9-8-13(12-17-14)18-15(19)16(3,20-4)10-6-2/h8-9,12H,5-7,10-11H2,1-4H3,(H,18,19)/t16-/m1/s1. The summed E-state index contributed by atoms with van der Waals surface area (Å²) in [6.45, 7) is 6.59. The van der Waals surface area contributed by atoms with Crippen molar-refractivity contribution in [1.82, 2.24) is 4.98 Å². The molecule has 1 aromatic rings. The Morgan fingerprint density at radius 1 is 1.33 bits per heavy atom. The van der Waals surface area contributed by atoms with Crippen LogP contribution in [0.5, 0.6) is 5.88 Å². The zero-order valence-electron chi connectivity index (χ0n) is 13.4. The van der Waals surface area contributed by atoms with Crippen LogP contribution >= 0.6 is 0 Å².